The van der Waals surface area contributed by atoms with Crippen LogP contribution in [-0.2, 0) is 6.42 Å². The zero-order chi connectivity index (χ0) is 10.7. The minimum Gasteiger partial charge on any atom is -0.472 e. The predicted octanol–water partition coefficient (Wildman–Crippen LogP) is 3.66. The Kier molecular flexibility index (Phi) is 3.21. The van der Waals surface area contributed by atoms with Gasteiger partial charge in [0.15, 0.2) is 0 Å². The first kappa shape index (κ1) is 10.4. The third-order valence-electron chi connectivity index (χ3n) is 2.40. The Bertz CT molecular complexity index is 425. The maximum atomic E-state index is 5.05. The Morgan fingerprint density at radius 3 is 3.00 bits per heavy atom. The van der Waals surface area contributed by atoms with Crippen LogP contribution in [0.1, 0.15) is 21.6 Å². The monoisotopic (exact) mass is 265 g/mol. The molecule has 3 heteroatoms. The van der Waals surface area contributed by atoms with Crippen LogP contribution in [-0.4, -0.2) is 4.98 Å². The number of alkyl halides is 1. The van der Waals surface area contributed by atoms with Crippen molar-refractivity contribution in [3.8, 4) is 0 Å². The summed E-state index contributed by atoms with van der Waals surface area (Å²) >= 11 is 3.64. The lowest BCUT2D eigenvalue weighted by Crippen LogP contribution is -1.98. The molecule has 1 atom stereocenters. The molecule has 0 aliphatic heterocycles. The second kappa shape index (κ2) is 4.62. The minimum absolute atomic E-state index is 0.268. The average Bonchev–Trinajstić information content (AvgIpc) is 2.74. The molecule has 2 nitrogen and oxygen atoms in total. The van der Waals surface area contributed by atoms with Crippen LogP contribution in [0.5, 0.6) is 0 Å². The SMILES string of the molecule is Cc1cccnc1CC(Br)c1ccoc1. The van der Waals surface area contributed by atoms with Crippen molar-refractivity contribution in [1.82, 2.24) is 4.98 Å². The quantitative estimate of drug-likeness (QED) is 0.792. The number of halogens is 1. The van der Waals surface area contributed by atoms with Crippen LogP contribution in [0.4, 0.5) is 0 Å². The van der Waals surface area contributed by atoms with E-state index in [1.165, 1.54) is 5.56 Å². The van der Waals surface area contributed by atoms with E-state index >= 15 is 0 Å². The molecule has 2 aromatic heterocycles. The Balaban J connectivity index is 2.13. The summed E-state index contributed by atoms with van der Waals surface area (Å²) in [6.07, 6.45) is 6.16. The molecule has 0 amide bonds. The fourth-order valence-electron chi connectivity index (χ4n) is 1.47. The van der Waals surface area contributed by atoms with Crippen molar-refractivity contribution in [1.29, 1.82) is 0 Å². The summed E-state index contributed by atoms with van der Waals surface area (Å²) in [4.78, 5) is 4.64. The lowest BCUT2D eigenvalue weighted by molar-refractivity contribution is 0.563. The molecular weight excluding hydrogens is 254 g/mol. The molecule has 78 valence electrons. The van der Waals surface area contributed by atoms with E-state index in [1.807, 2.05) is 18.3 Å². The van der Waals surface area contributed by atoms with E-state index in [1.54, 1.807) is 12.5 Å². The standard InChI is InChI=1S/C12H12BrNO/c1-9-3-2-5-14-12(9)7-11(13)10-4-6-15-8-10/h2-6,8,11H,7H2,1H3. The molecule has 2 rings (SSSR count). The van der Waals surface area contributed by atoms with Gasteiger partial charge in [0, 0.05) is 28.7 Å². The number of furan rings is 1. The van der Waals surface area contributed by atoms with Gasteiger partial charge in [0.1, 0.15) is 0 Å². The van der Waals surface area contributed by atoms with Crippen LogP contribution in [0.2, 0.25) is 0 Å². The molecule has 0 aromatic carbocycles. The summed E-state index contributed by atoms with van der Waals surface area (Å²) in [5, 5.41) is 0. The van der Waals surface area contributed by atoms with E-state index < -0.39 is 0 Å². The van der Waals surface area contributed by atoms with Gasteiger partial charge in [-0.1, -0.05) is 22.0 Å². The number of aromatic nitrogens is 1. The molecule has 2 aromatic rings. The molecule has 15 heavy (non-hydrogen) atoms. The number of hydrogen-bond acceptors (Lipinski definition) is 2. The lowest BCUT2D eigenvalue weighted by Gasteiger charge is -2.08. The highest BCUT2D eigenvalue weighted by atomic mass is 79.9. The molecule has 0 aliphatic carbocycles. The fraction of sp³-hybridized carbons (Fsp3) is 0.250. The number of pyridine rings is 1. The normalized spacial score (nSPS) is 12.7. The third kappa shape index (κ3) is 2.48. The highest BCUT2D eigenvalue weighted by molar-refractivity contribution is 9.09. The Labute approximate surface area is 97.5 Å². The predicted molar refractivity (Wildman–Crippen MR) is 63.1 cm³/mol. The van der Waals surface area contributed by atoms with Crippen molar-refractivity contribution in [2.75, 3.05) is 0 Å². The first-order chi connectivity index (χ1) is 7.27. The maximum absolute atomic E-state index is 5.05. The van der Waals surface area contributed by atoms with Gasteiger partial charge in [0.05, 0.1) is 12.5 Å². The Morgan fingerprint density at radius 2 is 2.33 bits per heavy atom. The van der Waals surface area contributed by atoms with Gasteiger partial charge >= 0.3 is 0 Å². The summed E-state index contributed by atoms with van der Waals surface area (Å²) in [6.45, 7) is 2.08. The smallest absolute Gasteiger partial charge is 0.0946 e. The molecule has 0 N–H and O–H groups in total. The first-order valence-electron chi connectivity index (χ1n) is 4.84. The van der Waals surface area contributed by atoms with Gasteiger partial charge in [0.2, 0.25) is 0 Å². The fourth-order valence-corrected chi connectivity index (χ4v) is 2.04. The summed E-state index contributed by atoms with van der Waals surface area (Å²) in [5.41, 5.74) is 3.51. The summed E-state index contributed by atoms with van der Waals surface area (Å²) in [7, 11) is 0. The van der Waals surface area contributed by atoms with Gasteiger partial charge in [-0.2, -0.15) is 0 Å². The third-order valence-corrected chi connectivity index (χ3v) is 3.25. The van der Waals surface area contributed by atoms with Crippen molar-refractivity contribution in [3.63, 3.8) is 0 Å². The topological polar surface area (TPSA) is 26.0 Å². The Morgan fingerprint density at radius 1 is 1.47 bits per heavy atom. The number of aryl methyl sites for hydroxylation is 1. The van der Waals surface area contributed by atoms with E-state index in [-0.39, 0.29) is 4.83 Å². The molecule has 0 saturated carbocycles. The van der Waals surface area contributed by atoms with Crippen molar-refractivity contribution in [3.05, 3.63) is 53.7 Å². The van der Waals surface area contributed by atoms with Crippen molar-refractivity contribution >= 4 is 15.9 Å². The largest absolute Gasteiger partial charge is 0.472 e. The van der Waals surface area contributed by atoms with Crippen LogP contribution in [0.3, 0.4) is 0 Å². The van der Waals surface area contributed by atoms with E-state index in [0.29, 0.717) is 0 Å². The molecule has 2 heterocycles. The minimum atomic E-state index is 0.268. The van der Waals surface area contributed by atoms with Crippen molar-refractivity contribution < 1.29 is 4.42 Å². The highest BCUT2D eigenvalue weighted by Crippen LogP contribution is 2.27. The molecule has 1 unspecified atom stereocenters. The number of nitrogens with zero attached hydrogens (tertiary/aromatic N) is 1. The summed E-state index contributed by atoms with van der Waals surface area (Å²) in [6, 6.07) is 6.01. The second-order valence-electron chi connectivity index (χ2n) is 3.50. The molecule has 0 saturated heterocycles. The van der Waals surface area contributed by atoms with Gasteiger partial charge in [-0.25, -0.2) is 0 Å². The number of rotatable bonds is 3. The Hall–Kier alpha value is -1.09. The first-order valence-corrected chi connectivity index (χ1v) is 5.75. The van der Waals surface area contributed by atoms with E-state index in [4.69, 9.17) is 4.42 Å². The van der Waals surface area contributed by atoms with Gasteiger partial charge < -0.3 is 4.42 Å². The van der Waals surface area contributed by atoms with Crippen LogP contribution in [0.25, 0.3) is 0 Å². The maximum Gasteiger partial charge on any atom is 0.0946 e. The molecule has 0 aliphatic rings. The van der Waals surface area contributed by atoms with Gasteiger partial charge in [0.25, 0.3) is 0 Å². The molecule has 0 fully saturated rings. The van der Waals surface area contributed by atoms with E-state index in [0.717, 1.165) is 17.7 Å². The molecular formula is C12H12BrNO. The summed E-state index contributed by atoms with van der Waals surface area (Å²) in [5.74, 6) is 0. The zero-order valence-electron chi connectivity index (χ0n) is 8.48. The van der Waals surface area contributed by atoms with Crippen molar-refractivity contribution in [2.45, 2.75) is 18.2 Å². The van der Waals surface area contributed by atoms with Crippen LogP contribution >= 0.6 is 15.9 Å². The highest BCUT2D eigenvalue weighted by Gasteiger charge is 2.11. The van der Waals surface area contributed by atoms with Gasteiger partial charge in [-0.15, -0.1) is 0 Å². The molecule has 0 bridgehead atoms. The van der Waals surface area contributed by atoms with E-state index in [2.05, 4.69) is 33.9 Å². The summed E-state index contributed by atoms with van der Waals surface area (Å²) < 4.78 is 5.05. The van der Waals surface area contributed by atoms with E-state index in [9.17, 15) is 0 Å². The molecule has 0 spiro atoms. The lowest BCUT2D eigenvalue weighted by atomic mass is 10.1. The van der Waals surface area contributed by atoms with Crippen LogP contribution in [0, 0.1) is 6.92 Å². The van der Waals surface area contributed by atoms with Crippen molar-refractivity contribution in [2.24, 2.45) is 0 Å². The zero-order valence-corrected chi connectivity index (χ0v) is 10.1. The van der Waals surface area contributed by atoms with Gasteiger partial charge in [-0.05, 0) is 24.6 Å². The second-order valence-corrected chi connectivity index (χ2v) is 4.60. The van der Waals surface area contributed by atoms with Gasteiger partial charge in [-0.3, -0.25) is 4.98 Å². The van der Waals surface area contributed by atoms with Crippen LogP contribution < -0.4 is 0 Å². The number of hydrogen-bond donors (Lipinski definition) is 0. The average molecular weight is 266 g/mol. The van der Waals surface area contributed by atoms with Crippen LogP contribution in [0.15, 0.2) is 41.3 Å². The molecule has 0 radical (unpaired) electrons.